The lowest BCUT2D eigenvalue weighted by Gasteiger charge is -2.19. The number of fused-ring (bicyclic) bond motifs is 13. The first-order valence-electron chi connectivity index (χ1n) is 15.3. The van der Waals surface area contributed by atoms with Crippen LogP contribution in [0.1, 0.15) is 11.5 Å². The zero-order chi connectivity index (χ0) is 29.9. The average Bonchev–Trinajstić information content (AvgIpc) is 3.85. The van der Waals surface area contributed by atoms with E-state index in [1.54, 1.807) is 0 Å². The summed E-state index contributed by atoms with van der Waals surface area (Å²) >= 11 is 0. The Morgan fingerprint density at radius 3 is 1.83 bits per heavy atom. The van der Waals surface area contributed by atoms with E-state index in [1.807, 2.05) is 55.1 Å². The molecule has 0 spiro atoms. The molecular weight excluding hydrogens is 572 g/mol. The highest BCUT2D eigenvalue weighted by molar-refractivity contribution is 6.10. The summed E-state index contributed by atoms with van der Waals surface area (Å²) in [7, 11) is 0. The van der Waals surface area contributed by atoms with Gasteiger partial charge in [-0.2, -0.15) is 0 Å². The molecule has 8 heterocycles. The Hall–Kier alpha value is -6.28. The lowest BCUT2D eigenvalue weighted by atomic mass is 9.90. The van der Waals surface area contributed by atoms with Gasteiger partial charge in [-0.1, -0.05) is 6.07 Å². The van der Waals surface area contributed by atoms with E-state index in [1.165, 1.54) is 0 Å². The maximum absolute atomic E-state index is 6.62. The fourth-order valence-electron chi connectivity index (χ4n) is 7.49. The number of aromatic nitrogens is 6. The summed E-state index contributed by atoms with van der Waals surface area (Å²) in [5, 5.41) is 6.35. The normalized spacial score (nSPS) is 17.3. The molecular formula is C38H22N6O2. The van der Waals surface area contributed by atoms with Crippen molar-refractivity contribution >= 4 is 71.8 Å². The minimum absolute atomic E-state index is 0.0258. The lowest BCUT2D eigenvalue weighted by Crippen LogP contribution is -2.18. The standard InChI is InChI=1S/C38H22N6O2/c1-5-25-26-6-2-16-40-36(26)43(35(25)39-15-1)21-9-13-31-29(19-21)23-11-12-24-30-20-22(10-14-32(30)46-34(24)33(23)45-31)44-37-27(7-3-17-41-37)28-8-4-18-42-38(28)44/h1-20,29,31H. The predicted molar refractivity (Wildman–Crippen MR) is 179 cm³/mol. The van der Waals surface area contributed by atoms with Crippen LogP contribution in [0.4, 0.5) is 0 Å². The fraction of sp³-hybridized carbons (Fsp3) is 0.0526. The number of allylic oxidation sites excluding steroid dienone is 2. The molecule has 0 amide bonds. The number of rotatable bonds is 2. The summed E-state index contributed by atoms with van der Waals surface area (Å²) in [4.78, 5) is 18.9. The SMILES string of the molecule is C1=CC2Oc3c(ccc4c3oc3ccc(-n5c6ncccc6c6cccnc65)cc34)C2C=C1n1c2ncccc2c2cccnc21. The maximum atomic E-state index is 6.62. The van der Waals surface area contributed by atoms with Gasteiger partial charge in [0.25, 0.3) is 0 Å². The van der Waals surface area contributed by atoms with E-state index in [4.69, 9.17) is 29.1 Å². The second kappa shape index (κ2) is 8.67. The number of benzene rings is 2. The van der Waals surface area contributed by atoms with Crippen molar-refractivity contribution in [1.82, 2.24) is 29.1 Å². The zero-order valence-electron chi connectivity index (χ0n) is 24.2. The number of nitrogens with zero attached hydrogens (tertiary/aromatic N) is 6. The highest BCUT2D eigenvalue weighted by Crippen LogP contribution is 2.49. The number of ether oxygens (including phenoxy) is 1. The molecule has 8 nitrogen and oxygen atoms in total. The van der Waals surface area contributed by atoms with Crippen LogP contribution in [0.25, 0.3) is 77.5 Å². The van der Waals surface area contributed by atoms with Gasteiger partial charge in [0.15, 0.2) is 11.3 Å². The Balaban J connectivity index is 1.07. The van der Waals surface area contributed by atoms with Gasteiger partial charge in [-0.3, -0.25) is 9.13 Å². The molecule has 8 heteroatoms. The van der Waals surface area contributed by atoms with Gasteiger partial charge in [-0.15, -0.1) is 0 Å². The summed E-state index contributed by atoms with van der Waals surface area (Å²) in [6.07, 6.45) is 13.7. The number of pyridine rings is 4. The van der Waals surface area contributed by atoms with Crippen LogP contribution in [0.15, 0.2) is 126 Å². The van der Waals surface area contributed by atoms with E-state index in [2.05, 4.69) is 75.9 Å². The van der Waals surface area contributed by atoms with E-state index in [0.717, 1.165) is 88.8 Å². The lowest BCUT2D eigenvalue weighted by molar-refractivity contribution is 0.269. The minimum atomic E-state index is -0.128. The van der Waals surface area contributed by atoms with Crippen molar-refractivity contribution in [2.45, 2.75) is 12.0 Å². The van der Waals surface area contributed by atoms with Crippen molar-refractivity contribution in [2.24, 2.45) is 0 Å². The molecule has 7 aromatic heterocycles. The molecule has 2 unspecified atom stereocenters. The first-order chi connectivity index (χ1) is 22.8. The molecule has 0 saturated carbocycles. The largest absolute Gasteiger partial charge is 0.481 e. The van der Waals surface area contributed by atoms with Crippen LogP contribution >= 0.6 is 0 Å². The third-order valence-electron chi connectivity index (χ3n) is 9.47. The summed E-state index contributed by atoms with van der Waals surface area (Å²) in [6.45, 7) is 0. The van der Waals surface area contributed by atoms with Gasteiger partial charge >= 0.3 is 0 Å². The van der Waals surface area contributed by atoms with Gasteiger partial charge in [0, 0.05) is 74.3 Å². The first kappa shape index (κ1) is 24.1. The smallest absolute Gasteiger partial charge is 0.177 e. The summed E-state index contributed by atoms with van der Waals surface area (Å²) in [5.74, 6) is 0.823. The Labute approximate surface area is 260 Å². The van der Waals surface area contributed by atoms with Crippen LogP contribution in [0.2, 0.25) is 0 Å². The highest BCUT2D eigenvalue weighted by atomic mass is 16.5. The van der Waals surface area contributed by atoms with Crippen molar-refractivity contribution in [3.8, 4) is 11.4 Å². The van der Waals surface area contributed by atoms with Gasteiger partial charge < -0.3 is 9.15 Å². The van der Waals surface area contributed by atoms with E-state index >= 15 is 0 Å². The molecule has 46 heavy (non-hydrogen) atoms. The Bertz CT molecular complexity index is 2710. The van der Waals surface area contributed by atoms with Gasteiger partial charge in [0.05, 0.1) is 5.69 Å². The Morgan fingerprint density at radius 1 is 0.587 bits per heavy atom. The monoisotopic (exact) mass is 594 g/mol. The zero-order valence-corrected chi connectivity index (χ0v) is 24.2. The molecule has 0 saturated heterocycles. The van der Waals surface area contributed by atoms with Gasteiger partial charge in [-0.25, -0.2) is 19.9 Å². The van der Waals surface area contributed by atoms with Crippen LogP contribution < -0.4 is 4.74 Å². The molecule has 0 N–H and O–H groups in total. The maximum Gasteiger partial charge on any atom is 0.177 e. The highest BCUT2D eigenvalue weighted by Gasteiger charge is 2.36. The van der Waals surface area contributed by atoms with Crippen molar-refractivity contribution in [2.75, 3.05) is 0 Å². The first-order valence-corrected chi connectivity index (χ1v) is 15.3. The third-order valence-corrected chi connectivity index (χ3v) is 9.47. The second-order valence-corrected chi connectivity index (χ2v) is 11.9. The molecule has 0 bridgehead atoms. The van der Waals surface area contributed by atoms with Crippen LogP contribution in [0.5, 0.6) is 5.75 Å². The molecule has 2 aromatic carbocycles. The molecule has 1 aliphatic heterocycles. The third kappa shape index (κ3) is 3.07. The molecule has 2 atom stereocenters. The van der Waals surface area contributed by atoms with Gasteiger partial charge in [0.1, 0.15) is 34.3 Å². The Kier molecular flexibility index (Phi) is 4.54. The van der Waals surface area contributed by atoms with Gasteiger partial charge in [0.2, 0.25) is 0 Å². The predicted octanol–water partition coefficient (Wildman–Crippen LogP) is 8.33. The van der Waals surface area contributed by atoms with Crippen LogP contribution in [0.3, 0.4) is 0 Å². The Morgan fingerprint density at radius 2 is 1.20 bits per heavy atom. The topological polar surface area (TPSA) is 83.8 Å². The van der Waals surface area contributed by atoms with Crippen LogP contribution in [-0.4, -0.2) is 35.2 Å². The van der Waals surface area contributed by atoms with E-state index in [9.17, 15) is 0 Å². The summed E-state index contributed by atoms with van der Waals surface area (Å²) < 4.78 is 17.4. The van der Waals surface area contributed by atoms with Crippen LogP contribution in [0, 0.1) is 0 Å². The quantitative estimate of drug-likeness (QED) is 0.200. The summed E-state index contributed by atoms with van der Waals surface area (Å²) in [5.41, 5.74) is 8.21. The van der Waals surface area contributed by atoms with E-state index < -0.39 is 0 Å². The molecule has 216 valence electrons. The minimum Gasteiger partial charge on any atom is -0.481 e. The van der Waals surface area contributed by atoms with Crippen molar-refractivity contribution in [1.29, 1.82) is 0 Å². The summed E-state index contributed by atoms with van der Waals surface area (Å²) in [6, 6.07) is 26.9. The number of hydrogen-bond donors (Lipinski definition) is 0. The molecule has 2 aliphatic rings. The molecule has 1 aliphatic carbocycles. The second-order valence-electron chi connectivity index (χ2n) is 11.9. The number of hydrogen-bond acceptors (Lipinski definition) is 6. The fourth-order valence-corrected chi connectivity index (χ4v) is 7.49. The van der Waals surface area contributed by atoms with Crippen molar-refractivity contribution in [3.05, 3.63) is 127 Å². The van der Waals surface area contributed by atoms with Crippen LogP contribution in [-0.2, 0) is 0 Å². The number of furan rings is 1. The molecule has 9 aromatic rings. The van der Waals surface area contributed by atoms with Crippen molar-refractivity contribution in [3.63, 3.8) is 0 Å². The molecule has 0 fully saturated rings. The van der Waals surface area contributed by atoms with Crippen molar-refractivity contribution < 1.29 is 9.15 Å². The van der Waals surface area contributed by atoms with Gasteiger partial charge in [-0.05, 0) is 91.0 Å². The van der Waals surface area contributed by atoms with E-state index in [0.29, 0.717) is 0 Å². The molecule has 11 rings (SSSR count). The van der Waals surface area contributed by atoms with E-state index in [-0.39, 0.29) is 12.0 Å². The molecule has 0 radical (unpaired) electrons. The average molecular weight is 595 g/mol.